The van der Waals surface area contributed by atoms with Crippen LogP contribution in [0.5, 0.6) is 0 Å². The Kier molecular flexibility index (Phi) is 7.19. The van der Waals surface area contributed by atoms with Crippen molar-refractivity contribution < 1.29 is 13.2 Å². The van der Waals surface area contributed by atoms with E-state index in [-0.39, 0.29) is 5.95 Å². The Hall–Kier alpha value is -2.36. The summed E-state index contributed by atoms with van der Waals surface area (Å²) in [6, 6.07) is 4.95. The first-order chi connectivity index (χ1) is 12.4. The number of nitrogens with one attached hydrogen (secondary N) is 2. The molecule has 0 radical (unpaired) electrons. The van der Waals surface area contributed by atoms with Gasteiger partial charge < -0.3 is 15.5 Å². The van der Waals surface area contributed by atoms with Gasteiger partial charge in [0.25, 0.3) is 0 Å². The van der Waals surface area contributed by atoms with Gasteiger partial charge >= 0.3 is 6.18 Å². The van der Waals surface area contributed by atoms with Crippen molar-refractivity contribution in [1.82, 2.24) is 20.2 Å². The third kappa shape index (κ3) is 6.17. The van der Waals surface area contributed by atoms with Gasteiger partial charge in [0.15, 0.2) is 5.96 Å². The quantitative estimate of drug-likeness (QED) is 0.435. The third-order valence-corrected chi connectivity index (χ3v) is 4.42. The second kappa shape index (κ2) is 9.37. The lowest BCUT2D eigenvalue weighted by Crippen LogP contribution is -2.41. The van der Waals surface area contributed by atoms with Gasteiger partial charge in [-0.05, 0) is 23.9 Å². The van der Waals surface area contributed by atoms with Gasteiger partial charge in [0.05, 0.1) is 0 Å². The largest absolute Gasteiger partial charge is 0.433 e. The van der Waals surface area contributed by atoms with Crippen LogP contribution in [0, 0.1) is 0 Å². The number of hydrogen-bond acceptors (Lipinski definition) is 5. The van der Waals surface area contributed by atoms with E-state index in [0.717, 1.165) is 25.2 Å². The molecule has 0 spiro atoms. The van der Waals surface area contributed by atoms with Crippen molar-refractivity contribution in [3.8, 4) is 0 Å². The second-order valence-electron chi connectivity index (χ2n) is 5.41. The van der Waals surface area contributed by atoms with Crippen LogP contribution >= 0.6 is 11.3 Å². The van der Waals surface area contributed by atoms with Crippen LogP contribution in [0.4, 0.5) is 19.1 Å². The summed E-state index contributed by atoms with van der Waals surface area (Å²) in [5.74, 6) is 0.663. The number of rotatable bonds is 7. The first kappa shape index (κ1) is 20.0. The van der Waals surface area contributed by atoms with E-state index in [1.54, 1.807) is 18.4 Å². The van der Waals surface area contributed by atoms with Crippen LogP contribution in [0.2, 0.25) is 0 Å². The van der Waals surface area contributed by atoms with Crippen LogP contribution in [0.3, 0.4) is 0 Å². The Balaban J connectivity index is 1.75. The molecule has 0 aliphatic carbocycles. The van der Waals surface area contributed by atoms with Crippen LogP contribution in [-0.4, -0.2) is 54.6 Å². The Morgan fingerprint density at radius 2 is 2.12 bits per heavy atom. The maximum Gasteiger partial charge on any atom is 0.433 e. The van der Waals surface area contributed by atoms with E-state index in [9.17, 15) is 13.2 Å². The van der Waals surface area contributed by atoms with E-state index in [2.05, 4.69) is 31.7 Å². The normalized spacial score (nSPS) is 12.1. The lowest BCUT2D eigenvalue weighted by Gasteiger charge is -2.22. The molecule has 2 aromatic heterocycles. The predicted molar refractivity (Wildman–Crippen MR) is 97.5 cm³/mol. The van der Waals surface area contributed by atoms with Crippen molar-refractivity contribution in [2.24, 2.45) is 4.99 Å². The van der Waals surface area contributed by atoms with Crippen LogP contribution in [0.1, 0.15) is 10.6 Å². The van der Waals surface area contributed by atoms with Crippen LogP contribution < -0.4 is 10.6 Å². The van der Waals surface area contributed by atoms with Gasteiger partial charge in [-0.3, -0.25) is 4.99 Å². The molecule has 0 unspecified atom stereocenters. The molecule has 10 heteroatoms. The Labute approximate surface area is 154 Å². The molecule has 0 aromatic carbocycles. The topological polar surface area (TPSA) is 65.4 Å². The molecule has 0 fully saturated rings. The molecule has 26 heavy (non-hydrogen) atoms. The number of anilines is 1. The highest BCUT2D eigenvalue weighted by molar-refractivity contribution is 7.09. The van der Waals surface area contributed by atoms with E-state index in [0.29, 0.717) is 19.0 Å². The molecule has 0 amide bonds. The minimum Gasteiger partial charge on any atom is -0.354 e. The fourth-order valence-corrected chi connectivity index (χ4v) is 2.87. The summed E-state index contributed by atoms with van der Waals surface area (Å²) in [5, 5.41) is 7.97. The fraction of sp³-hybridized carbons (Fsp3) is 0.438. The summed E-state index contributed by atoms with van der Waals surface area (Å²) < 4.78 is 37.9. The van der Waals surface area contributed by atoms with Crippen LogP contribution in [-0.2, 0) is 12.6 Å². The van der Waals surface area contributed by atoms with Crippen molar-refractivity contribution in [3.63, 3.8) is 0 Å². The molecule has 0 saturated heterocycles. The maximum absolute atomic E-state index is 12.6. The molecule has 2 N–H and O–H groups in total. The summed E-state index contributed by atoms with van der Waals surface area (Å²) in [6.07, 6.45) is -2.47. The number of guanidine groups is 1. The van der Waals surface area contributed by atoms with Crippen molar-refractivity contribution in [3.05, 3.63) is 40.3 Å². The van der Waals surface area contributed by atoms with Crippen LogP contribution in [0.25, 0.3) is 0 Å². The average molecular weight is 386 g/mol. The highest BCUT2D eigenvalue weighted by atomic mass is 32.1. The summed E-state index contributed by atoms with van der Waals surface area (Å²) in [7, 11) is 3.62. The molecule has 0 saturated carbocycles. The van der Waals surface area contributed by atoms with E-state index < -0.39 is 11.9 Å². The van der Waals surface area contributed by atoms with Gasteiger partial charge in [0, 0.05) is 44.8 Å². The first-order valence-electron chi connectivity index (χ1n) is 7.98. The predicted octanol–water partition coefficient (Wildman–Crippen LogP) is 2.72. The molecule has 2 aromatic rings. The summed E-state index contributed by atoms with van der Waals surface area (Å²) in [5.41, 5.74) is -0.966. The van der Waals surface area contributed by atoms with Gasteiger partial charge in [0.2, 0.25) is 5.95 Å². The zero-order valence-electron chi connectivity index (χ0n) is 14.5. The Bertz CT molecular complexity index is 702. The van der Waals surface area contributed by atoms with Crippen molar-refractivity contribution >= 4 is 23.2 Å². The van der Waals surface area contributed by atoms with E-state index in [1.165, 1.54) is 4.88 Å². The number of nitrogens with zero attached hydrogens (tertiary/aromatic N) is 4. The fourth-order valence-electron chi connectivity index (χ4n) is 2.17. The lowest BCUT2D eigenvalue weighted by atomic mass is 10.3. The van der Waals surface area contributed by atoms with Gasteiger partial charge in [-0.1, -0.05) is 6.07 Å². The lowest BCUT2D eigenvalue weighted by molar-refractivity contribution is -0.141. The molecular formula is C16H21F3N6S. The number of aromatic nitrogens is 2. The van der Waals surface area contributed by atoms with Crippen molar-refractivity contribution in [2.75, 3.05) is 39.0 Å². The molecule has 6 nitrogen and oxygen atoms in total. The van der Waals surface area contributed by atoms with Crippen molar-refractivity contribution in [2.45, 2.75) is 12.6 Å². The molecule has 2 rings (SSSR count). The highest BCUT2D eigenvalue weighted by Crippen LogP contribution is 2.27. The number of alkyl halides is 3. The Morgan fingerprint density at radius 1 is 1.31 bits per heavy atom. The smallest absolute Gasteiger partial charge is 0.354 e. The number of aliphatic imine (C=N–C) groups is 1. The standard InChI is InChI=1S/C16H21F3N6S/c1-20-15(25(2)10-6-12-4-3-11-26-12)23-9-8-22-14-21-7-5-13(24-14)16(17,18)19/h3-5,7,11H,6,8-10H2,1-2H3,(H,20,23)(H,21,22,24). The monoisotopic (exact) mass is 386 g/mol. The van der Waals surface area contributed by atoms with Gasteiger partial charge in [-0.25, -0.2) is 9.97 Å². The molecule has 0 aliphatic rings. The van der Waals surface area contributed by atoms with E-state index >= 15 is 0 Å². The zero-order chi connectivity index (χ0) is 19.0. The van der Waals surface area contributed by atoms with E-state index in [1.807, 2.05) is 23.4 Å². The molecule has 0 atom stereocenters. The zero-order valence-corrected chi connectivity index (χ0v) is 15.4. The highest BCUT2D eigenvalue weighted by Gasteiger charge is 2.32. The minimum absolute atomic E-state index is 0.0531. The van der Waals surface area contributed by atoms with Crippen molar-refractivity contribution in [1.29, 1.82) is 0 Å². The number of thiophene rings is 1. The van der Waals surface area contributed by atoms with Gasteiger partial charge in [-0.2, -0.15) is 13.2 Å². The van der Waals surface area contributed by atoms with E-state index in [4.69, 9.17) is 0 Å². The molecular weight excluding hydrogens is 365 g/mol. The number of hydrogen-bond donors (Lipinski definition) is 2. The molecule has 0 bridgehead atoms. The van der Waals surface area contributed by atoms with Crippen LogP contribution in [0.15, 0.2) is 34.8 Å². The first-order valence-corrected chi connectivity index (χ1v) is 8.86. The molecule has 142 valence electrons. The average Bonchev–Trinajstić information content (AvgIpc) is 3.13. The minimum atomic E-state index is -4.48. The number of likely N-dealkylation sites (N-methyl/N-ethyl adjacent to an activating group) is 1. The summed E-state index contributed by atoms with van der Waals surface area (Å²) in [6.45, 7) is 1.64. The van der Waals surface area contributed by atoms with Gasteiger partial charge in [-0.15, -0.1) is 11.3 Å². The molecule has 2 heterocycles. The Morgan fingerprint density at radius 3 is 2.77 bits per heavy atom. The number of halogens is 3. The molecule has 0 aliphatic heterocycles. The maximum atomic E-state index is 12.6. The SMILES string of the molecule is CN=C(NCCNc1nccc(C(F)(F)F)n1)N(C)CCc1cccs1. The summed E-state index contributed by atoms with van der Waals surface area (Å²) >= 11 is 1.72. The van der Waals surface area contributed by atoms with Gasteiger partial charge in [0.1, 0.15) is 5.69 Å². The third-order valence-electron chi connectivity index (χ3n) is 3.48. The second-order valence-corrected chi connectivity index (χ2v) is 6.45. The summed E-state index contributed by atoms with van der Waals surface area (Å²) in [4.78, 5) is 14.8.